The molecular weight excluding hydrogens is 354 g/mol. The number of benzene rings is 1. The van der Waals surface area contributed by atoms with Gasteiger partial charge in [-0.3, -0.25) is 15.2 Å². The molecule has 0 atom stereocenters. The summed E-state index contributed by atoms with van der Waals surface area (Å²) in [5.41, 5.74) is 4.75. The lowest BCUT2D eigenvalue weighted by Crippen LogP contribution is -2.45. The van der Waals surface area contributed by atoms with Crippen LogP contribution < -0.4 is 5.43 Å². The van der Waals surface area contributed by atoms with Crippen molar-refractivity contribution in [3.05, 3.63) is 35.6 Å². The van der Waals surface area contributed by atoms with Crippen molar-refractivity contribution in [2.24, 2.45) is 4.99 Å². The van der Waals surface area contributed by atoms with E-state index in [0.29, 0.717) is 11.5 Å². The summed E-state index contributed by atoms with van der Waals surface area (Å²) in [4.78, 5) is 17.3. The molecule has 2 aromatic rings. The van der Waals surface area contributed by atoms with Crippen LogP contribution in [0.15, 0.2) is 33.7 Å². The van der Waals surface area contributed by atoms with Crippen molar-refractivity contribution in [2.75, 3.05) is 25.4 Å². The molecule has 25 heavy (non-hydrogen) atoms. The molecule has 0 unspecified atom stereocenters. The first-order chi connectivity index (χ1) is 12.3. The second-order valence-electron chi connectivity index (χ2n) is 6.18. The Bertz CT molecular complexity index is 797. The van der Waals surface area contributed by atoms with Gasteiger partial charge in [0, 0.05) is 35.5 Å². The molecule has 3 heterocycles. The molecule has 1 N–H and O–H groups in total. The fraction of sp³-hybridized carbons (Fsp3) is 0.444. The van der Waals surface area contributed by atoms with E-state index in [-0.39, 0.29) is 5.91 Å². The average Bonchev–Trinajstić information content (AvgIpc) is 3.28. The highest BCUT2D eigenvalue weighted by Crippen LogP contribution is 2.32. The summed E-state index contributed by atoms with van der Waals surface area (Å²) in [7, 11) is 0. The number of hydrazine groups is 1. The number of hydrogen-bond donors (Lipinski definition) is 1. The first-order valence-electron chi connectivity index (χ1n) is 8.67. The maximum absolute atomic E-state index is 12.8. The Morgan fingerprint density at radius 1 is 1.28 bits per heavy atom. The van der Waals surface area contributed by atoms with Crippen LogP contribution in [-0.2, 0) is 5.75 Å². The van der Waals surface area contributed by atoms with Gasteiger partial charge in [-0.2, -0.15) is 0 Å². The van der Waals surface area contributed by atoms with Crippen LogP contribution in [0.5, 0.6) is 0 Å². The lowest BCUT2D eigenvalue weighted by Gasteiger charge is -2.26. The monoisotopic (exact) mass is 375 g/mol. The summed E-state index contributed by atoms with van der Waals surface area (Å²) < 4.78 is 7.02. The van der Waals surface area contributed by atoms with E-state index in [0.717, 1.165) is 59.1 Å². The second kappa shape index (κ2) is 7.85. The van der Waals surface area contributed by atoms with Crippen molar-refractivity contribution < 1.29 is 9.21 Å². The Kier molecular flexibility index (Phi) is 5.33. The summed E-state index contributed by atoms with van der Waals surface area (Å²) in [6.45, 7) is 2.70. The van der Waals surface area contributed by atoms with Gasteiger partial charge in [0.1, 0.15) is 9.96 Å². The summed E-state index contributed by atoms with van der Waals surface area (Å²) in [6, 6.07) is 7.87. The normalized spacial score (nSPS) is 18.5. The van der Waals surface area contributed by atoms with E-state index in [2.05, 4.69) is 10.4 Å². The third-order valence-corrected chi connectivity index (χ3v) is 6.70. The fourth-order valence-electron chi connectivity index (χ4n) is 3.16. The van der Waals surface area contributed by atoms with Crippen LogP contribution in [0.3, 0.4) is 0 Å². The Morgan fingerprint density at radius 2 is 2.12 bits per heavy atom. The summed E-state index contributed by atoms with van der Waals surface area (Å²) in [5, 5.41) is 3.02. The molecule has 1 amide bonds. The fourth-order valence-corrected chi connectivity index (χ4v) is 5.20. The van der Waals surface area contributed by atoms with Crippen LogP contribution in [0.25, 0.3) is 11.0 Å². The maximum atomic E-state index is 12.8. The number of rotatable bonds is 4. The van der Waals surface area contributed by atoms with Gasteiger partial charge in [0.2, 0.25) is 0 Å². The molecule has 5 nitrogen and oxygen atoms in total. The van der Waals surface area contributed by atoms with Crippen molar-refractivity contribution in [1.29, 1.82) is 0 Å². The van der Waals surface area contributed by atoms with Gasteiger partial charge in [-0.05, 0) is 18.9 Å². The van der Waals surface area contributed by atoms with E-state index in [1.807, 2.05) is 29.3 Å². The molecule has 7 heteroatoms. The number of aliphatic imine (C=N–C) groups is 1. The van der Waals surface area contributed by atoms with E-state index in [4.69, 9.17) is 4.42 Å². The van der Waals surface area contributed by atoms with Crippen LogP contribution >= 0.6 is 23.5 Å². The van der Waals surface area contributed by atoms with Crippen LogP contribution in [0.4, 0.5) is 0 Å². The molecule has 0 radical (unpaired) electrons. The predicted octanol–water partition coefficient (Wildman–Crippen LogP) is 3.90. The number of fused-ring (bicyclic) bond motifs is 1. The molecule has 1 fully saturated rings. The molecule has 0 bridgehead atoms. The molecule has 0 spiro atoms. The number of carbonyl (C=O) groups excluding carboxylic acids is 1. The van der Waals surface area contributed by atoms with Gasteiger partial charge in [-0.1, -0.05) is 48.1 Å². The lowest BCUT2D eigenvalue weighted by atomic mass is 10.1. The number of nitrogens with zero attached hydrogens (tertiary/aromatic N) is 2. The summed E-state index contributed by atoms with van der Waals surface area (Å²) >= 11 is 3.48. The van der Waals surface area contributed by atoms with Gasteiger partial charge in [0.25, 0.3) is 0 Å². The third kappa shape index (κ3) is 3.88. The number of carbonyl (C=O) groups is 1. The SMILES string of the molecule is O=C(NN1CCCCC1)c1oc2ccccc2c1CSC1=NCCS1. The topological polar surface area (TPSA) is 57.8 Å². The summed E-state index contributed by atoms with van der Waals surface area (Å²) in [6.07, 6.45) is 3.49. The molecule has 1 aromatic carbocycles. The Morgan fingerprint density at radius 3 is 2.92 bits per heavy atom. The first kappa shape index (κ1) is 17.0. The van der Waals surface area contributed by atoms with E-state index < -0.39 is 0 Å². The highest BCUT2D eigenvalue weighted by atomic mass is 32.2. The largest absolute Gasteiger partial charge is 0.451 e. The number of amides is 1. The molecule has 1 saturated heterocycles. The van der Waals surface area contributed by atoms with Crippen molar-refractivity contribution in [2.45, 2.75) is 25.0 Å². The van der Waals surface area contributed by atoms with Gasteiger partial charge in [-0.15, -0.1) is 0 Å². The Balaban J connectivity index is 1.57. The molecule has 1 aromatic heterocycles. The minimum atomic E-state index is -0.144. The van der Waals surface area contributed by atoms with E-state index in [1.165, 1.54) is 6.42 Å². The maximum Gasteiger partial charge on any atom is 0.301 e. The van der Waals surface area contributed by atoms with Crippen molar-refractivity contribution >= 4 is 44.8 Å². The number of para-hydroxylation sites is 1. The standard InChI is InChI=1S/C18H21N3O2S2/c22-17(20-21-9-4-1-5-10-21)16-14(12-25-18-19-8-11-24-18)13-6-2-3-7-15(13)23-16/h2-3,6-7H,1,4-5,8-12H2,(H,20,22). The third-order valence-electron chi connectivity index (χ3n) is 4.42. The van der Waals surface area contributed by atoms with Crippen LogP contribution in [0.2, 0.25) is 0 Å². The summed E-state index contributed by atoms with van der Waals surface area (Å²) in [5.74, 6) is 2.04. The molecule has 2 aliphatic heterocycles. The number of hydrogen-bond acceptors (Lipinski definition) is 6. The molecule has 132 valence electrons. The number of thioether (sulfide) groups is 2. The van der Waals surface area contributed by atoms with Gasteiger partial charge >= 0.3 is 5.91 Å². The zero-order valence-electron chi connectivity index (χ0n) is 14.0. The highest BCUT2D eigenvalue weighted by Gasteiger charge is 2.23. The smallest absolute Gasteiger partial charge is 0.301 e. The van der Waals surface area contributed by atoms with Crippen LogP contribution in [-0.4, -0.2) is 40.7 Å². The van der Waals surface area contributed by atoms with Crippen molar-refractivity contribution in [1.82, 2.24) is 10.4 Å². The van der Waals surface area contributed by atoms with Gasteiger partial charge in [0.05, 0.1) is 6.54 Å². The molecule has 0 saturated carbocycles. The second-order valence-corrected chi connectivity index (χ2v) is 8.49. The number of nitrogens with one attached hydrogen (secondary N) is 1. The van der Waals surface area contributed by atoms with Gasteiger partial charge < -0.3 is 4.42 Å². The number of piperidine rings is 1. The predicted molar refractivity (Wildman–Crippen MR) is 105 cm³/mol. The van der Waals surface area contributed by atoms with Gasteiger partial charge in [-0.25, -0.2) is 5.01 Å². The quantitative estimate of drug-likeness (QED) is 0.878. The Hall–Kier alpha value is -1.44. The van der Waals surface area contributed by atoms with Crippen molar-refractivity contribution in [3.63, 3.8) is 0 Å². The van der Waals surface area contributed by atoms with Crippen LogP contribution in [0.1, 0.15) is 35.4 Å². The van der Waals surface area contributed by atoms with Crippen molar-refractivity contribution in [3.8, 4) is 0 Å². The highest BCUT2D eigenvalue weighted by molar-refractivity contribution is 8.38. The molecule has 2 aliphatic rings. The minimum Gasteiger partial charge on any atom is -0.451 e. The first-order valence-corrected chi connectivity index (χ1v) is 10.6. The lowest BCUT2D eigenvalue weighted by molar-refractivity contribution is 0.0722. The molecule has 0 aliphatic carbocycles. The zero-order chi connectivity index (χ0) is 17.1. The van der Waals surface area contributed by atoms with E-state index in [1.54, 1.807) is 23.5 Å². The number of furan rings is 1. The zero-order valence-corrected chi connectivity index (χ0v) is 15.6. The van der Waals surface area contributed by atoms with E-state index >= 15 is 0 Å². The van der Waals surface area contributed by atoms with Gasteiger partial charge in [0.15, 0.2) is 5.76 Å². The minimum absolute atomic E-state index is 0.144. The average molecular weight is 376 g/mol. The van der Waals surface area contributed by atoms with Crippen LogP contribution in [0, 0.1) is 0 Å². The molecule has 4 rings (SSSR count). The molecular formula is C18H21N3O2S2. The Labute approximate surface area is 155 Å². The van der Waals surface area contributed by atoms with E-state index in [9.17, 15) is 4.79 Å².